The molecule has 2 atom stereocenters. The Bertz CT molecular complexity index is 809. The second-order valence-corrected chi connectivity index (χ2v) is 6.73. The van der Waals surface area contributed by atoms with Crippen molar-refractivity contribution in [2.75, 3.05) is 13.1 Å². The fraction of sp³-hybridized carbons (Fsp3) is 0.300. The molecule has 1 heterocycles. The number of hydrogen-bond acceptors (Lipinski definition) is 3. The minimum Gasteiger partial charge on any atom is -0.481 e. The summed E-state index contributed by atoms with van der Waals surface area (Å²) in [5.74, 6) is -4.44. The van der Waals surface area contributed by atoms with Crippen molar-refractivity contribution in [1.82, 2.24) is 10.2 Å². The Balaban J connectivity index is 1.64. The van der Waals surface area contributed by atoms with E-state index in [1.54, 1.807) is 0 Å². The van der Waals surface area contributed by atoms with Gasteiger partial charge in [0.2, 0.25) is 5.91 Å². The number of carboxylic acid groups (broad SMARTS) is 1. The molecule has 142 valence electrons. The van der Waals surface area contributed by atoms with Gasteiger partial charge in [0.25, 0.3) is 0 Å². The molecule has 5 nitrogen and oxygen atoms in total. The quantitative estimate of drug-likeness (QED) is 0.815. The maximum atomic E-state index is 13.2. The van der Waals surface area contributed by atoms with E-state index in [2.05, 4.69) is 5.32 Å². The van der Waals surface area contributed by atoms with Crippen molar-refractivity contribution in [2.45, 2.75) is 13.1 Å². The van der Waals surface area contributed by atoms with Crippen molar-refractivity contribution >= 4 is 11.9 Å². The van der Waals surface area contributed by atoms with Gasteiger partial charge in [-0.05, 0) is 23.3 Å². The minimum absolute atomic E-state index is 0.0605. The van der Waals surface area contributed by atoms with Crippen LogP contribution in [-0.2, 0) is 22.7 Å². The Kier molecular flexibility index (Phi) is 5.81. The number of amides is 1. The molecule has 1 saturated heterocycles. The molecule has 1 fully saturated rings. The van der Waals surface area contributed by atoms with E-state index in [1.807, 2.05) is 35.2 Å². The number of halogens is 2. The van der Waals surface area contributed by atoms with Crippen LogP contribution in [0.4, 0.5) is 8.78 Å². The molecular weight excluding hydrogens is 354 g/mol. The first kappa shape index (κ1) is 19.0. The zero-order valence-electron chi connectivity index (χ0n) is 14.6. The minimum atomic E-state index is -1.03. The summed E-state index contributed by atoms with van der Waals surface area (Å²) in [5, 5.41) is 12.1. The van der Waals surface area contributed by atoms with E-state index in [1.165, 1.54) is 0 Å². The van der Waals surface area contributed by atoms with Gasteiger partial charge in [-0.1, -0.05) is 30.3 Å². The molecule has 1 aliphatic rings. The molecule has 0 spiro atoms. The number of likely N-dealkylation sites (tertiary alicyclic amines) is 1. The number of benzene rings is 2. The summed E-state index contributed by atoms with van der Waals surface area (Å²) >= 11 is 0. The van der Waals surface area contributed by atoms with Crippen molar-refractivity contribution in [3.63, 3.8) is 0 Å². The number of carbonyl (C=O) groups is 2. The van der Waals surface area contributed by atoms with Gasteiger partial charge in [-0.25, -0.2) is 8.78 Å². The van der Waals surface area contributed by atoms with Gasteiger partial charge in [0.1, 0.15) is 11.6 Å². The third kappa shape index (κ3) is 4.89. The molecule has 3 rings (SSSR count). The molecule has 0 aromatic heterocycles. The molecule has 0 aliphatic carbocycles. The molecule has 7 heteroatoms. The summed E-state index contributed by atoms with van der Waals surface area (Å²) in [6.07, 6.45) is 0. The van der Waals surface area contributed by atoms with E-state index in [0.717, 1.165) is 23.8 Å². The first-order valence-electron chi connectivity index (χ1n) is 8.64. The van der Waals surface area contributed by atoms with E-state index in [0.29, 0.717) is 13.1 Å². The Morgan fingerprint density at radius 1 is 1.00 bits per heavy atom. The number of hydrogen-bond donors (Lipinski definition) is 2. The molecule has 27 heavy (non-hydrogen) atoms. The van der Waals surface area contributed by atoms with Gasteiger partial charge < -0.3 is 10.4 Å². The number of nitrogens with one attached hydrogen (secondary N) is 1. The SMILES string of the molecule is O=C(NCc1cc(F)cc(F)c1)[C@H]1CN(Cc2ccccc2)C[C@H]1C(=O)O. The molecule has 0 unspecified atom stereocenters. The van der Waals surface area contributed by atoms with Crippen LogP contribution in [0.3, 0.4) is 0 Å². The first-order chi connectivity index (χ1) is 12.9. The molecule has 1 amide bonds. The average Bonchev–Trinajstić information content (AvgIpc) is 3.04. The Hall–Kier alpha value is -2.80. The van der Waals surface area contributed by atoms with Crippen LogP contribution < -0.4 is 5.32 Å². The highest BCUT2D eigenvalue weighted by Gasteiger charge is 2.41. The van der Waals surface area contributed by atoms with Crippen LogP contribution in [0.25, 0.3) is 0 Å². The van der Waals surface area contributed by atoms with E-state index in [9.17, 15) is 23.5 Å². The van der Waals surface area contributed by atoms with Gasteiger partial charge in [0.05, 0.1) is 11.8 Å². The average molecular weight is 374 g/mol. The number of rotatable bonds is 6. The molecule has 2 N–H and O–H groups in total. The summed E-state index contributed by atoms with van der Waals surface area (Å²) in [7, 11) is 0. The first-order valence-corrected chi connectivity index (χ1v) is 8.64. The third-order valence-electron chi connectivity index (χ3n) is 4.69. The lowest BCUT2D eigenvalue weighted by Gasteiger charge is -2.16. The van der Waals surface area contributed by atoms with Crippen LogP contribution >= 0.6 is 0 Å². The molecule has 0 radical (unpaired) electrons. The Morgan fingerprint density at radius 3 is 2.26 bits per heavy atom. The summed E-state index contributed by atoms with van der Waals surface area (Å²) in [5.41, 5.74) is 1.32. The molecule has 1 aliphatic heterocycles. The summed E-state index contributed by atoms with van der Waals surface area (Å²) in [4.78, 5) is 26.0. The number of carbonyl (C=O) groups excluding carboxylic acids is 1. The maximum Gasteiger partial charge on any atom is 0.308 e. The molecule has 2 aromatic rings. The van der Waals surface area contributed by atoms with E-state index in [-0.39, 0.29) is 18.7 Å². The van der Waals surface area contributed by atoms with Crippen molar-refractivity contribution in [1.29, 1.82) is 0 Å². The van der Waals surface area contributed by atoms with Crippen molar-refractivity contribution in [2.24, 2.45) is 11.8 Å². The molecular formula is C20H20F2N2O3. The van der Waals surface area contributed by atoms with E-state index < -0.39 is 35.3 Å². The van der Waals surface area contributed by atoms with Gasteiger partial charge in [-0.3, -0.25) is 14.5 Å². The maximum absolute atomic E-state index is 13.2. The van der Waals surface area contributed by atoms with Crippen LogP contribution in [0.1, 0.15) is 11.1 Å². The molecule has 2 aromatic carbocycles. The predicted octanol–water partition coefficient (Wildman–Crippen LogP) is 2.41. The van der Waals surface area contributed by atoms with Gasteiger partial charge in [0.15, 0.2) is 0 Å². The number of nitrogens with zero attached hydrogens (tertiary/aromatic N) is 1. The number of carboxylic acids is 1. The smallest absolute Gasteiger partial charge is 0.308 e. The van der Waals surface area contributed by atoms with Crippen LogP contribution in [0.2, 0.25) is 0 Å². The lowest BCUT2D eigenvalue weighted by molar-refractivity contribution is -0.145. The normalized spacial score (nSPS) is 19.8. The fourth-order valence-electron chi connectivity index (χ4n) is 3.41. The topological polar surface area (TPSA) is 69.6 Å². The van der Waals surface area contributed by atoms with Gasteiger partial charge >= 0.3 is 5.97 Å². The Labute approximate surface area is 155 Å². The summed E-state index contributed by atoms with van der Waals surface area (Å²) in [6, 6.07) is 12.6. The van der Waals surface area contributed by atoms with Gasteiger partial charge in [0, 0.05) is 32.2 Å². The second kappa shape index (κ2) is 8.26. The van der Waals surface area contributed by atoms with E-state index >= 15 is 0 Å². The van der Waals surface area contributed by atoms with Crippen LogP contribution in [0, 0.1) is 23.5 Å². The highest BCUT2D eigenvalue weighted by atomic mass is 19.1. The lowest BCUT2D eigenvalue weighted by Crippen LogP contribution is -2.37. The molecule has 0 saturated carbocycles. The summed E-state index contributed by atoms with van der Waals surface area (Å²) in [6.45, 7) is 1.09. The zero-order chi connectivity index (χ0) is 19.4. The highest BCUT2D eigenvalue weighted by Crippen LogP contribution is 2.25. The molecule has 0 bridgehead atoms. The summed E-state index contributed by atoms with van der Waals surface area (Å²) < 4.78 is 26.5. The van der Waals surface area contributed by atoms with E-state index in [4.69, 9.17) is 0 Å². The van der Waals surface area contributed by atoms with Crippen LogP contribution in [0.5, 0.6) is 0 Å². The second-order valence-electron chi connectivity index (χ2n) is 6.73. The van der Waals surface area contributed by atoms with Crippen molar-refractivity contribution < 1.29 is 23.5 Å². The van der Waals surface area contributed by atoms with Crippen molar-refractivity contribution in [3.8, 4) is 0 Å². The standard InChI is InChI=1S/C20H20F2N2O3/c21-15-6-14(7-16(22)8-15)9-23-19(25)17-11-24(12-18(17)20(26)27)10-13-4-2-1-3-5-13/h1-8,17-18H,9-12H2,(H,23,25)(H,26,27)/t17-,18+/m0/s1. The van der Waals surface area contributed by atoms with Gasteiger partial charge in [-0.2, -0.15) is 0 Å². The highest BCUT2D eigenvalue weighted by molar-refractivity contribution is 5.85. The monoisotopic (exact) mass is 374 g/mol. The largest absolute Gasteiger partial charge is 0.481 e. The zero-order valence-corrected chi connectivity index (χ0v) is 14.6. The lowest BCUT2D eigenvalue weighted by atomic mass is 9.95. The predicted molar refractivity (Wildman–Crippen MR) is 94.5 cm³/mol. The van der Waals surface area contributed by atoms with Gasteiger partial charge in [-0.15, -0.1) is 0 Å². The van der Waals surface area contributed by atoms with Crippen molar-refractivity contribution in [3.05, 3.63) is 71.3 Å². The fourth-order valence-corrected chi connectivity index (χ4v) is 3.41. The van der Waals surface area contributed by atoms with Crippen LogP contribution in [0.15, 0.2) is 48.5 Å². The van der Waals surface area contributed by atoms with Crippen LogP contribution in [-0.4, -0.2) is 35.0 Å². The third-order valence-corrected chi connectivity index (χ3v) is 4.69. The number of aliphatic carboxylic acids is 1. The Morgan fingerprint density at radius 2 is 1.63 bits per heavy atom.